The van der Waals surface area contributed by atoms with Gasteiger partial charge in [-0.25, -0.2) is 0 Å². The van der Waals surface area contributed by atoms with Crippen LogP contribution in [0.15, 0.2) is 0 Å². The minimum Gasteiger partial charge on any atom is -0.379 e. The quantitative estimate of drug-likeness (QED) is 0.756. The van der Waals surface area contributed by atoms with Crippen molar-refractivity contribution < 1.29 is 4.74 Å². The molecule has 1 aliphatic rings. The van der Waals surface area contributed by atoms with Gasteiger partial charge in [0, 0.05) is 19.7 Å². The first kappa shape index (κ1) is 13.9. The van der Waals surface area contributed by atoms with Crippen LogP contribution in [0.25, 0.3) is 0 Å². The standard InChI is InChI=1S/C13H28N2O/c1-13(2,16-3)8-11-15-10-5-4-6-12(15)7-9-14/h12H,4-11,14H2,1-3H3. The summed E-state index contributed by atoms with van der Waals surface area (Å²) in [5.41, 5.74) is 5.68. The minimum absolute atomic E-state index is 0.00467. The first-order chi connectivity index (χ1) is 7.59. The molecule has 1 unspecified atom stereocenters. The van der Waals surface area contributed by atoms with Gasteiger partial charge in [-0.2, -0.15) is 0 Å². The van der Waals surface area contributed by atoms with Gasteiger partial charge in [0.05, 0.1) is 5.60 Å². The van der Waals surface area contributed by atoms with Gasteiger partial charge in [0.1, 0.15) is 0 Å². The number of nitrogens with two attached hydrogens (primary N) is 1. The van der Waals surface area contributed by atoms with E-state index < -0.39 is 0 Å². The summed E-state index contributed by atoms with van der Waals surface area (Å²) in [5.74, 6) is 0. The normalized spacial score (nSPS) is 23.6. The van der Waals surface area contributed by atoms with Crippen molar-refractivity contribution in [3.8, 4) is 0 Å². The van der Waals surface area contributed by atoms with Gasteiger partial charge in [-0.3, -0.25) is 0 Å². The molecule has 1 heterocycles. The highest BCUT2D eigenvalue weighted by Gasteiger charge is 2.24. The van der Waals surface area contributed by atoms with E-state index in [4.69, 9.17) is 10.5 Å². The number of nitrogens with zero attached hydrogens (tertiary/aromatic N) is 1. The Morgan fingerprint density at radius 3 is 2.75 bits per heavy atom. The van der Waals surface area contributed by atoms with Crippen molar-refractivity contribution in [3.05, 3.63) is 0 Å². The summed E-state index contributed by atoms with van der Waals surface area (Å²) in [4.78, 5) is 2.61. The molecule has 0 aromatic rings. The zero-order valence-electron chi connectivity index (χ0n) is 11.2. The smallest absolute Gasteiger partial charge is 0.0634 e. The fourth-order valence-electron chi connectivity index (χ4n) is 2.39. The number of likely N-dealkylation sites (tertiary alicyclic amines) is 1. The number of piperidine rings is 1. The van der Waals surface area contributed by atoms with Gasteiger partial charge in [-0.1, -0.05) is 6.42 Å². The molecule has 0 spiro atoms. The summed E-state index contributed by atoms with van der Waals surface area (Å²) in [7, 11) is 1.80. The maximum atomic E-state index is 5.68. The minimum atomic E-state index is 0.00467. The van der Waals surface area contributed by atoms with Crippen molar-refractivity contribution in [2.45, 2.75) is 57.6 Å². The van der Waals surface area contributed by atoms with Crippen LogP contribution in [-0.2, 0) is 4.74 Å². The number of ether oxygens (including phenoxy) is 1. The van der Waals surface area contributed by atoms with Crippen molar-refractivity contribution in [1.29, 1.82) is 0 Å². The second-order valence-corrected chi connectivity index (χ2v) is 5.48. The van der Waals surface area contributed by atoms with Gasteiger partial charge in [-0.15, -0.1) is 0 Å². The monoisotopic (exact) mass is 228 g/mol. The predicted molar refractivity (Wildman–Crippen MR) is 68.6 cm³/mol. The summed E-state index contributed by atoms with van der Waals surface area (Å²) in [5, 5.41) is 0. The zero-order valence-corrected chi connectivity index (χ0v) is 11.2. The highest BCUT2D eigenvalue weighted by atomic mass is 16.5. The summed E-state index contributed by atoms with van der Waals surface area (Å²) >= 11 is 0. The molecule has 0 saturated carbocycles. The first-order valence-electron chi connectivity index (χ1n) is 6.58. The molecule has 1 aliphatic heterocycles. The topological polar surface area (TPSA) is 38.5 Å². The van der Waals surface area contributed by atoms with Crippen LogP contribution in [0.3, 0.4) is 0 Å². The molecule has 1 fully saturated rings. The lowest BCUT2D eigenvalue weighted by atomic mass is 9.97. The Morgan fingerprint density at radius 2 is 2.12 bits per heavy atom. The van der Waals surface area contributed by atoms with Crippen LogP contribution in [0, 0.1) is 0 Å². The molecule has 16 heavy (non-hydrogen) atoms. The van der Waals surface area contributed by atoms with Gasteiger partial charge < -0.3 is 15.4 Å². The van der Waals surface area contributed by atoms with Crippen LogP contribution in [0.4, 0.5) is 0 Å². The Bertz CT molecular complexity index is 192. The van der Waals surface area contributed by atoms with Gasteiger partial charge in [0.25, 0.3) is 0 Å². The molecule has 0 bridgehead atoms. The maximum absolute atomic E-state index is 5.68. The molecular formula is C13H28N2O. The second-order valence-electron chi connectivity index (χ2n) is 5.48. The molecule has 3 heteroatoms. The fourth-order valence-corrected chi connectivity index (χ4v) is 2.39. The average Bonchev–Trinajstić information content (AvgIpc) is 2.28. The highest BCUT2D eigenvalue weighted by molar-refractivity contribution is 4.79. The van der Waals surface area contributed by atoms with Crippen LogP contribution < -0.4 is 5.73 Å². The molecule has 1 saturated heterocycles. The maximum Gasteiger partial charge on any atom is 0.0634 e. The third-order valence-corrected chi connectivity index (χ3v) is 3.80. The summed E-state index contributed by atoms with van der Waals surface area (Å²) in [6.07, 6.45) is 6.28. The van der Waals surface area contributed by atoms with E-state index in [0.717, 1.165) is 25.9 Å². The molecule has 96 valence electrons. The van der Waals surface area contributed by atoms with Gasteiger partial charge in [0.15, 0.2) is 0 Å². The van der Waals surface area contributed by atoms with Crippen molar-refractivity contribution in [2.24, 2.45) is 5.73 Å². The van der Waals surface area contributed by atoms with Gasteiger partial charge >= 0.3 is 0 Å². The predicted octanol–water partition coefficient (Wildman–Crippen LogP) is 2.00. The molecule has 1 atom stereocenters. The summed E-state index contributed by atoms with van der Waals surface area (Å²) < 4.78 is 5.47. The first-order valence-corrected chi connectivity index (χ1v) is 6.58. The molecule has 0 aliphatic carbocycles. The number of hydrogen-bond acceptors (Lipinski definition) is 3. The van der Waals surface area contributed by atoms with E-state index in [1.54, 1.807) is 7.11 Å². The molecule has 0 aromatic carbocycles. The van der Waals surface area contributed by atoms with E-state index in [-0.39, 0.29) is 5.60 Å². The fraction of sp³-hybridized carbons (Fsp3) is 1.00. The van der Waals surface area contributed by atoms with Crippen LogP contribution in [0.2, 0.25) is 0 Å². The number of rotatable bonds is 6. The Morgan fingerprint density at radius 1 is 1.38 bits per heavy atom. The summed E-state index contributed by atoms with van der Waals surface area (Å²) in [6, 6.07) is 0.714. The zero-order chi connectivity index (χ0) is 12.0. The molecule has 0 radical (unpaired) electrons. The van der Waals surface area contributed by atoms with E-state index in [2.05, 4.69) is 18.7 Å². The van der Waals surface area contributed by atoms with Crippen LogP contribution in [-0.4, -0.2) is 43.3 Å². The third kappa shape index (κ3) is 4.40. The average molecular weight is 228 g/mol. The third-order valence-electron chi connectivity index (χ3n) is 3.80. The highest BCUT2D eigenvalue weighted by Crippen LogP contribution is 2.22. The Hall–Kier alpha value is -0.120. The lowest BCUT2D eigenvalue weighted by Gasteiger charge is -2.37. The van der Waals surface area contributed by atoms with E-state index in [1.165, 1.54) is 25.8 Å². The lowest BCUT2D eigenvalue weighted by Crippen LogP contribution is -2.43. The molecule has 3 nitrogen and oxygen atoms in total. The van der Waals surface area contributed by atoms with E-state index in [1.807, 2.05) is 0 Å². The molecule has 0 amide bonds. The van der Waals surface area contributed by atoms with Gasteiger partial charge in [-0.05, 0) is 52.6 Å². The van der Waals surface area contributed by atoms with E-state index >= 15 is 0 Å². The van der Waals surface area contributed by atoms with Crippen LogP contribution >= 0.6 is 0 Å². The summed E-state index contributed by atoms with van der Waals surface area (Å²) in [6.45, 7) is 7.52. The van der Waals surface area contributed by atoms with Gasteiger partial charge in [0.2, 0.25) is 0 Å². The Balaban J connectivity index is 2.37. The SMILES string of the molecule is COC(C)(C)CCN1CCCCC1CCN. The molecular weight excluding hydrogens is 200 g/mol. The second kappa shape index (κ2) is 6.58. The van der Waals surface area contributed by atoms with E-state index in [0.29, 0.717) is 6.04 Å². The number of methoxy groups -OCH3 is 1. The Kier molecular flexibility index (Phi) is 5.73. The largest absolute Gasteiger partial charge is 0.379 e. The molecule has 1 rings (SSSR count). The van der Waals surface area contributed by atoms with Crippen LogP contribution in [0.5, 0.6) is 0 Å². The van der Waals surface area contributed by atoms with Crippen molar-refractivity contribution >= 4 is 0 Å². The van der Waals surface area contributed by atoms with Crippen LogP contribution in [0.1, 0.15) is 46.0 Å². The van der Waals surface area contributed by atoms with Crippen molar-refractivity contribution in [2.75, 3.05) is 26.7 Å². The number of hydrogen-bond donors (Lipinski definition) is 1. The van der Waals surface area contributed by atoms with E-state index in [9.17, 15) is 0 Å². The molecule has 0 aromatic heterocycles. The molecule has 2 N–H and O–H groups in total. The van der Waals surface area contributed by atoms with Crippen molar-refractivity contribution in [3.63, 3.8) is 0 Å². The lowest BCUT2D eigenvalue weighted by molar-refractivity contribution is 0.000587. The van der Waals surface area contributed by atoms with Crippen molar-refractivity contribution in [1.82, 2.24) is 4.90 Å². The Labute approximate surface area is 100 Å².